The third kappa shape index (κ3) is 2.68. The molecule has 13 heavy (non-hydrogen) atoms. The van der Waals surface area contributed by atoms with E-state index in [1.54, 1.807) is 4.90 Å². The van der Waals surface area contributed by atoms with Gasteiger partial charge in [0, 0.05) is 34.4 Å². The van der Waals surface area contributed by atoms with Crippen LogP contribution in [0.2, 0.25) is 0 Å². The van der Waals surface area contributed by atoms with Crippen molar-refractivity contribution in [2.24, 2.45) is 0 Å². The Kier molecular flexibility index (Phi) is 3.35. The van der Waals surface area contributed by atoms with Crippen LogP contribution < -0.4 is 0 Å². The van der Waals surface area contributed by atoms with Crippen molar-refractivity contribution in [2.45, 2.75) is 25.0 Å². The van der Waals surface area contributed by atoms with Crippen LogP contribution in [0.1, 0.15) is 20.3 Å². The van der Waals surface area contributed by atoms with Crippen LogP contribution >= 0.6 is 11.6 Å². The van der Waals surface area contributed by atoms with E-state index in [-0.39, 0.29) is 4.75 Å². The second-order valence-corrected chi connectivity index (χ2v) is 6.33. The van der Waals surface area contributed by atoms with E-state index < -0.39 is 16.2 Å². The van der Waals surface area contributed by atoms with Gasteiger partial charge in [-0.05, 0) is 31.9 Å². The molecule has 1 unspecified atom stereocenters. The molecule has 0 aromatic carbocycles. The zero-order chi connectivity index (χ0) is 10.1. The number of amides is 1. The van der Waals surface area contributed by atoms with Crippen LogP contribution in [-0.2, 0) is 10.8 Å². The number of halogens is 1. The van der Waals surface area contributed by atoms with Crippen molar-refractivity contribution in [1.29, 1.82) is 0 Å². The first-order valence-corrected chi connectivity index (χ1v) is 5.96. The molecule has 1 aliphatic rings. The maximum atomic E-state index is 11.6. The number of hydrogen-bond acceptors (Lipinski definition) is 2. The van der Waals surface area contributed by atoms with Gasteiger partial charge in [-0.25, -0.2) is 0 Å². The summed E-state index contributed by atoms with van der Waals surface area (Å²) in [6.45, 7) is 5.05. The molecule has 1 aliphatic heterocycles. The summed E-state index contributed by atoms with van der Waals surface area (Å²) in [4.78, 5) is 12.4. The largest absolute Gasteiger partial charge is 0.328 e. The summed E-state index contributed by atoms with van der Waals surface area (Å²) in [5, 5.41) is -0.435. The first-order valence-electron chi connectivity index (χ1n) is 4.26. The van der Waals surface area contributed by atoms with Crippen LogP contribution in [0.4, 0.5) is 4.79 Å². The van der Waals surface area contributed by atoms with Crippen molar-refractivity contribution < 1.29 is 9.00 Å². The van der Waals surface area contributed by atoms with E-state index in [0.717, 1.165) is 6.42 Å². The quantitative estimate of drug-likeness (QED) is 0.462. The highest BCUT2D eigenvalue weighted by molar-refractivity contribution is 7.86. The van der Waals surface area contributed by atoms with Gasteiger partial charge >= 0.3 is 5.37 Å². The van der Waals surface area contributed by atoms with E-state index in [4.69, 9.17) is 11.6 Å². The minimum absolute atomic E-state index is 0.193. The zero-order valence-electron chi connectivity index (χ0n) is 7.88. The third-order valence-electron chi connectivity index (χ3n) is 2.40. The first-order chi connectivity index (χ1) is 5.93. The first kappa shape index (κ1) is 11.0. The monoisotopic (exact) mass is 223 g/mol. The van der Waals surface area contributed by atoms with Crippen molar-refractivity contribution in [2.75, 3.05) is 18.8 Å². The van der Waals surface area contributed by atoms with Crippen LogP contribution in [0.15, 0.2) is 0 Å². The predicted molar refractivity (Wildman–Crippen MR) is 54.5 cm³/mol. The lowest BCUT2D eigenvalue weighted by Gasteiger charge is -2.20. The van der Waals surface area contributed by atoms with Gasteiger partial charge in [-0.1, -0.05) is 0 Å². The van der Waals surface area contributed by atoms with Crippen LogP contribution in [0.5, 0.6) is 0 Å². The molecule has 0 aromatic heterocycles. The maximum Gasteiger partial charge on any atom is 0.316 e. The van der Waals surface area contributed by atoms with Gasteiger partial charge in [0.1, 0.15) is 0 Å². The summed E-state index contributed by atoms with van der Waals surface area (Å²) in [5.41, 5.74) is 0. The lowest BCUT2D eigenvalue weighted by Crippen LogP contribution is -2.29. The molecule has 1 rings (SSSR count). The molecule has 1 atom stereocenters. The molecule has 0 aliphatic carbocycles. The van der Waals surface area contributed by atoms with Crippen LogP contribution in [0.3, 0.4) is 0 Å². The molecule has 0 bridgehead atoms. The Hall–Kier alpha value is -0.0900. The van der Waals surface area contributed by atoms with Gasteiger partial charge in [0.25, 0.3) is 0 Å². The molecule has 1 fully saturated rings. The fourth-order valence-electron chi connectivity index (χ4n) is 1.28. The van der Waals surface area contributed by atoms with Gasteiger partial charge < -0.3 is 4.90 Å². The van der Waals surface area contributed by atoms with E-state index in [1.807, 2.05) is 13.8 Å². The molecular formula is C8H14ClNO2S. The Labute approximate surface area is 85.9 Å². The number of rotatable bonds is 0. The molecular weight excluding hydrogens is 210 g/mol. The number of hydrogen-bond donors (Lipinski definition) is 0. The number of carbonyl (C=O) groups excluding carboxylic acids is 1. The van der Waals surface area contributed by atoms with Crippen molar-refractivity contribution in [3.8, 4) is 0 Å². The van der Waals surface area contributed by atoms with E-state index in [0.29, 0.717) is 18.8 Å². The molecule has 0 spiro atoms. The minimum atomic E-state index is -0.858. The Morgan fingerprint density at radius 1 is 1.46 bits per heavy atom. The second kappa shape index (κ2) is 3.96. The molecule has 0 radical (unpaired) electrons. The SMILES string of the molecule is CC1(C)CCN(C(=O)Cl)CCS1=O. The van der Waals surface area contributed by atoms with Crippen LogP contribution in [0, 0.1) is 0 Å². The van der Waals surface area contributed by atoms with E-state index in [9.17, 15) is 9.00 Å². The average Bonchev–Trinajstić information content (AvgIpc) is 2.13. The molecule has 76 valence electrons. The van der Waals surface area contributed by atoms with Crippen LogP contribution in [-0.4, -0.2) is 38.1 Å². The summed E-state index contributed by atoms with van der Waals surface area (Å²) in [6, 6.07) is 0. The summed E-state index contributed by atoms with van der Waals surface area (Å²) in [5.74, 6) is 0.533. The average molecular weight is 224 g/mol. The highest BCUT2D eigenvalue weighted by Crippen LogP contribution is 2.22. The Morgan fingerprint density at radius 3 is 2.62 bits per heavy atom. The number of nitrogens with zero attached hydrogens (tertiary/aromatic N) is 1. The second-order valence-electron chi connectivity index (χ2n) is 3.80. The summed E-state index contributed by atoms with van der Waals surface area (Å²) in [6.07, 6.45) is 0.748. The van der Waals surface area contributed by atoms with Gasteiger partial charge in [0.2, 0.25) is 0 Å². The van der Waals surface area contributed by atoms with Gasteiger partial charge in [0.05, 0.1) is 0 Å². The summed E-state index contributed by atoms with van der Waals surface area (Å²) < 4.78 is 11.4. The Bertz CT molecular complexity index is 242. The lowest BCUT2D eigenvalue weighted by atomic mass is 10.1. The zero-order valence-corrected chi connectivity index (χ0v) is 9.45. The number of carbonyl (C=O) groups is 1. The molecule has 1 heterocycles. The van der Waals surface area contributed by atoms with Crippen molar-refractivity contribution in [3.05, 3.63) is 0 Å². The lowest BCUT2D eigenvalue weighted by molar-refractivity contribution is 0.224. The fraction of sp³-hybridized carbons (Fsp3) is 0.875. The predicted octanol–water partition coefficient (Wildman–Crippen LogP) is 1.58. The normalized spacial score (nSPS) is 28.2. The minimum Gasteiger partial charge on any atom is -0.328 e. The molecule has 1 saturated heterocycles. The molecule has 0 N–H and O–H groups in total. The van der Waals surface area contributed by atoms with Gasteiger partial charge in [0.15, 0.2) is 0 Å². The van der Waals surface area contributed by atoms with Crippen molar-refractivity contribution in [3.63, 3.8) is 0 Å². The Morgan fingerprint density at radius 2 is 2.08 bits per heavy atom. The standard InChI is InChI=1S/C8H14ClNO2S/c1-8(2)3-4-10(7(9)11)5-6-13(8)12/h3-6H2,1-2H3. The van der Waals surface area contributed by atoms with Gasteiger partial charge in [-0.3, -0.25) is 9.00 Å². The topological polar surface area (TPSA) is 37.4 Å². The smallest absolute Gasteiger partial charge is 0.316 e. The van der Waals surface area contributed by atoms with E-state index >= 15 is 0 Å². The Balaban J connectivity index is 2.68. The molecule has 3 nitrogen and oxygen atoms in total. The molecule has 1 amide bonds. The van der Waals surface area contributed by atoms with Gasteiger partial charge in [-0.15, -0.1) is 0 Å². The third-order valence-corrected chi connectivity index (χ3v) is 4.62. The molecule has 0 saturated carbocycles. The van der Waals surface area contributed by atoms with E-state index in [2.05, 4.69) is 0 Å². The van der Waals surface area contributed by atoms with Gasteiger partial charge in [-0.2, -0.15) is 0 Å². The molecule has 5 heteroatoms. The molecule has 0 aromatic rings. The summed E-state index contributed by atoms with van der Waals surface area (Å²) in [7, 11) is -0.858. The maximum absolute atomic E-state index is 11.6. The summed E-state index contributed by atoms with van der Waals surface area (Å²) >= 11 is 5.36. The fourth-order valence-corrected chi connectivity index (χ4v) is 2.70. The van der Waals surface area contributed by atoms with Crippen LogP contribution in [0.25, 0.3) is 0 Å². The van der Waals surface area contributed by atoms with Crippen molar-refractivity contribution in [1.82, 2.24) is 4.90 Å². The van der Waals surface area contributed by atoms with Crippen molar-refractivity contribution >= 4 is 27.8 Å². The van der Waals surface area contributed by atoms with E-state index in [1.165, 1.54) is 0 Å². The highest BCUT2D eigenvalue weighted by Gasteiger charge is 2.30. The highest BCUT2D eigenvalue weighted by atomic mass is 35.5.